The minimum atomic E-state index is -2.86. The van der Waals surface area contributed by atoms with Crippen molar-refractivity contribution in [2.24, 2.45) is 5.41 Å². The Morgan fingerprint density at radius 1 is 0.600 bits per heavy atom. The topological polar surface area (TPSA) is 0 Å². The first-order chi connectivity index (χ1) is 22.6. The Bertz CT molecular complexity index is 1880. The smallest absolute Gasteiger partial charge is 1.00 e. The second-order valence-electron chi connectivity index (χ2n) is 16.8. The number of benzene rings is 4. The molecule has 0 atom stereocenters. The molecule has 2 aliphatic carbocycles. The molecule has 4 aromatic carbocycles. The maximum absolute atomic E-state index is 4.13. The van der Waals surface area contributed by atoms with Crippen LogP contribution in [0.2, 0.25) is 0 Å². The van der Waals surface area contributed by atoms with Crippen molar-refractivity contribution in [3.8, 4) is 11.1 Å². The average Bonchev–Trinajstić information content (AvgIpc) is 3.66. The van der Waals surface area contributed by atoms with E-state index in [1.807, 2.05) is 12.2 Å². The maximum Gasteiger partial charge on any atom is -1.00 e. The van der Waals surface area contributed by atoms with Gasteiger partial charge in [0, 0.05) is 0 Å². The SMILES string of the molecule is C=Cc1ccc2c(c1)-c1cc(C=C)ccc1[CH]2[Zr+2]([C]1=CC(C(C)(C)C)=CC1)=[C](c1ccc(C(C)(C)C)cc1)c1ccc(C(C)(C)C)cc1.[Cl-].[Cl-]. The first-order valence-electron chi connectivity index (χ1n) is 17.5. The molecule has 0 nitrogen and oxygen atoms in total. The Morgan fingerprint density at radius 3 is 1.36 bits per heavy atom. The van der Waals surface area contributed by atoms with E-state index >= 15 is 0 Å². The second kappa shape index (κ2) is 15.0. The number of halogens is 2. The van der Waals surface area contributed by atoms with Crippen LogP contribution in [-0.4, -0.2) is 3.21 Å². The molecule has 0 aliphatic heterocycles. The Balaban J connectivity index is 0.00000281. The number of hydrogen-bond donors (Lipinski definition) is 0. The monoisotopic (exact) mass is 776 g/mol. The quantitative estimate of drug-likeness (QED) is 0.203. The van der Waals surface area contributed by atoms with Crippen LogP contribution < -0.4 is 24.8 Å². The molecular weight excluding hydrogens is 727 g/mol. The minimum Gasteiger partial charge on any atom is -1.00 e. The summed E-state index contributed by atoms with van der Waals surface area (Å²) in [7, 11) is 0. The van der Waals surface area contributed by atoms with E-state index in [1.165, 1.54) is 61.2 Å². The zero-order valence-corrected chi connectivity index (χ0v) is 35.3. The van der Waals surface area contributed by atoms with Crippen molar-refractivity contribution in [2.45, 2.75) is 83.2 Å². The van der Waals surface area contributed by atoms with Crippen molar-refractivity contribution in [1.82, 2.24) is 0 Å². The Kier molecular flexibility index (Phi) is 12.0. The van der Waals surface area contributed by atoms with E-state index < -0.39 is 21.3 Å². The van der Waals surface area contributed by atoms with Crippen LogP contribution in [0.3, 0.4) is 0 Å². The molecule has 0 saturated heterocycles. The number of fused-ring (bicyclic) bond motifs is 3. The fourth-order valence-corrected chi connectivity index (χ4v) is 16.4. The molecule has 0 amide bonds. The molecule has 0 spiro atoms. The molecule has 0 fully saturated rings. The number of allylic oxidation sites excluding steroid dienone is 4. The van der Waals surface area contributed by atoms with E-state index in [2.05, 4.69) is 173 Å². The van der Waals surface area contributed by atoms with Crippen LogP contribution in [0.15, 0.2) is 119 Å². The summed E-state index contributed by atoms with van der Waals surface area (Å²) < 4.78 is 3.63. The second-order valence-corrected chi connectivity index (χ2v) is 23.0. The molecule has 50 heavy (non-hydrogen) atoms. The van der Waals surface area contributed by atoms with Gasteiger partial charge in [-0.3, -0.25) is 0 Å². The van der Waals surface area contributed by atoms with Gasteiger partial charge in [-0.15, -0.1) is 0 Å². The normalized spacial score (nSPS) is 13.8. The third kappa shape index (κ3) is 7.82. The molecule has 0 saturated carbocycles. The van der Waals surface area contributed by atoms with E-state index in [-0.39, 0.29) is 41.1 Å². The summed E-state index contributed by atoms with van der Waals surface area (Å²) in [5.74, 6) is 0. The molecule has 3 heteroatoms. The van der Waals surface area contributed by atoms with Gasteiger partial charge in [0.2, 0.25) is 0 Å². The van der Waals surface area contributed by atoms with Crippen molar-refractivity contribution in [1.29, 1.82) is 0 Å². The molecule has 0 aromatic heterocycles. The molecule has 2 aliphatic rings. The fraction of sp³-hybridized carbons (Fsp3) is 0.298. The Labute approximate surface area is 322 Å². The standard InChI is InChI=1S/C21H26.C17H13.C9H13.2ClH.Zr/c1-20(2,3)18-11-7-16(8-12-18)15-17-9-13-19(14-10-17)21(4,5)6;1-3-12-5-7-14-11-15-8-6-13(4-2)10-17(15)16(14)9-12;1-9(2,3)8-6-4-5-7-8;;;/h7-14H,1-6H3;3-11H,1-2H2;6-7H,4H2,1-3H3;2*1H;/q;;;;;+2/p-2. The van der Waals surface area contributed by atoms with Crippen LogP contribution in [-0.2, 0) is 32.1 Å². The van der Waals surface area contributed by atoms with Gasteiger partial charge in [0.15, 0.2) is 0 Å². The van der Waals surface area contributed by atoms with Crippen LogP contribution >= 0.6 is 0 Å². The van der Waals surface area contributed by atoms with E-state index in [0.717, 1.165) is 6.42 Å². The van der Waals surface area contributed by atoms with Crippen LogP contribution in [0.4, 0.5) is 0 Å². The van der Waals surface area contributed by atoms with Gasteiger partial charge in [-0.1, -0.05) is 0 Å². The van der Waals surface area contributed by atoms with E-state index in [9.17, 15) is 0 Å². The van der Waals surface area contributed by atoms with E-state index in [1.54, 1.807) is 6.49 Å². The predicted octanol–water partition coefficient (Wildman–Crippen LogP) is 6.79. The molecule has 0 N–H and O–H groups in total. The third-order valence-corrected chi connectivity index (χ3v) is 18.5. The predicted molar refractivity (Wildman–Crippen MR) is 208 cm³/mol. The van der Waals surface area contributed by atoms with Crippen molar-refractivity contribution >= 4 is 15.4 Å². The molecule has 0 bridgehead atoms. The van der Waals surface area contributed by atoms with Gasteiger partial charge in [0.05, 0.1) is 0 Å². The van der Waals surface area contributed by atoms with Crippen LogP contribution in [0.5, 0.6) is 0 Å². The first kappa shape index (κ1) is 40.0. The molecule has 258 valence electrons. The first-order valence-corrected chi connectivity index (χ1v) is 21.4. The van der Waals surface area contributed by atoms with Gasteiger partial charge in [-0.2, -0.15) is 0 Å². The summed E-state index contributed by atoms with van der Waals surface area (Å²) >= 11 is -2.86. The largest absolute Gasteiger partial charge is 1.00 e. The van der Waals surface area contributed by atoms with Crippen molar-refractivity contribution in [3.63, 3.8) is 0 Å². The van der Waals surface area contributed by atoms with Gasteiger partial charge in [-0.05, 0) is 0 Å². The average molecular weight is 779 g/mol. The molecule has 0 unspecified atom stereocenters. The summed E-state index contributed by atoms with van der Waals surface area (Å²) in [5, 5.41) is 0. The van der Waals surface area contributed by atoms with Crippen molar-refractivity contribution in [3.05, 3.63) is 164 Å². The summed E-state index contributed by atoms with van der Waals surface area (Å²) in [5.41, 5.74) is 15.3. The van der Waals surface area contributed by atoms with Crippen LogP contribution in [0.25, 0.3) is 23.3 Å². The Morgan fingerprint density at radius 2 is 1.02 bits per heavy atom. The molecular formula is C47H52Cl2Zr. The minimum absolute atomic E-state index is 0. The van der Waals surface area contributed by atoms with Crippen molar-refractivity contribution in [2.75, 3.05) is 0 Å². The van der Waals surface area contributed by atoms with Gasteiger partial charge >= 0.3 is 300 Å². The molecule has 6 rings (SSSR count). The molecule has 4 aromatic rings. The van der Waals surface area contributed by atoms with Gasteiger partial charge in [0.1, 0.15) is 0 Å². The Hall–Kier alpha value is -2.83. The van der Waals surface area contributed by atoms with E-state index in [4.69, 9.17) is 0 Å². The summed E-state index contributed by atoms with van der Waals surface area (Å²) in [6.07, 6.45) is 10.2. The molecule has 0 radical (unpaired) electrons. The summed E-state index contributed by atoms with van der Waals surface area (Å²) in [6.45, 7) is 29.2. The number of rotatable bonds is 6. The van der Waals surface area contributed by atoms with Gasteiger partial charge in [-0.25, -0.2) is 0 Å². The fourth-order valence-electron chi connectivity index (χ4n) is 7.33. The zero-order valence-electron chi connectivity index (χ0n) is 31.3. The van der Waals surface area contributed by atoms with Crippen LogP contribution in [0.1, 0.15) is 117 Å². The van der Waals surface area contributed by atoms with Gasteiger partial charge < -0.3 is 24.8 Å². The third-order valence-electron chi connectivity index (χ3n) is 10.3. The van der Waals surface area contributed by atoms with Gasteiger partial charge in [0.25, 0.3) is 0 Å². The van der Waals surface area contributed by atoms with Crippen molar-refractivity contribution < 1.29 is 46.1 Å². The maximum atomic E-state index is 4.13. The zero-order chi connectivity index (χ0) is 34.6. The summed E-state index contributed by atoms with van der Waals surface area (Å²) in [6, 6.07) is 33.4. The number of hydrogen-bond acceptors (Lipinski definition) is 0. The van der Waals surface area contributed by atoms with E-state index in [0.29, 0.717) is 3.63 Å². The van der Waals surface area contributed by atoms with Crippen LogP contribution in [0, 0.1) is 5.41 Å². The summed E-state index contributed by atoms with van der Waals surface area (Å²) in [4.78, 5) is 0. The molecule has 0 heterocycles.